The highest BCUT2D eigenvalue weighted by molar-refractivity contribution is 5.93. The minimum Gasteiger partial charge on any atom is -0.357 e. The number of H-pyrrole nitrogens is 1. The van der Waals surface area contributed by atoms with Gasteiger partial charge in [-0.05, 0) is 36.6 Å². The highest BCUT2D eigenvalue weighted by Gasteiger charge is 2.19. The lowest BCUT2D eigenvalue weighted by molar-refractivity contribution is -0.115. The molecule has 0 unspecified atom stereocenters. The van der Waals surface area contributed by atoms with E-state index in [0.717, 1.165) is 59.8 Å². The molecule has 2 N–H and O–H groups in total. The Kier molecular flexibility index (Phi) is 5.80. The second-order valence-corrected chi connectivity index (χ2v) is 8.28. The average molecular weight is 440 g/mol. The van der Waals surface area contributed by atoms with Gasteiger partial charge in [-0.3, -0.25) is 4.79 Å². The van der Waals surface area contributed by atoms with Crippen LogP contribution in [0.15, 0.2) is 60.7 Å². The predicted molar refractivity (Wildman–Crippen MR) is 128 cm³/mol. The number of hydrogen-bond acceptors (Lipinski definition) is 6. The van der Waals surface area contributed by atoms with Gasteiger partial charge in [-0.2, -0.15) is 5.21 Å². The fourth-order valence-corrected chi connectivity index (χ4v) is 4.11. The summed E-state index contributed by atoms with van der Waals surface area (Å²) in [6, 6.07) is 19.7. The summed E-state index contributed by atoms with van der Waals surface area (Å²) >= 11 is 0. The normalized spacial score (nSPS) is 13.3. The van der Waals surface area contributed by atoms with E-state index in [9.17, 15) is 4.79 Å². The number of carbonyl (C=O) groups excluding carboxylic acids is 1. The molecule has 33 heavy (non-hydrogen) atoms. The quantitative estimate of drug-likeness (QED) is 0.471. The number of hydrogen-bond donors (Lipinski definition) is 2. The molecule has 0 saturated carbocycles. The summed E-state index contributed by atoms with van der Waals surface area (Å²) in [5.74, 6) is 1.30. The van der Waals surface area contributed by atoms with Gasteiger partial charge in [0.25, 0.3) is 0 Å². The van der Waals surface area contributed by atoms with Crippen molar-refractivity contribution in [3.63, 3.8) is 0 Å². The van der Waals surface area contributed by atoms with Crippen LogP contribution in [0, 0.1) is 6.92 Å². The minimum atomic E-state index is -0.0603. The smallest absolute Gasteiger partial charge is 0.228 e. The molecule has 3 heterocycles. The molecule has 166 valence electrons. The van der Waals surface area contributed by atoms with Gasteiger partial charge in [0.1, 0.15) is 5.82 Å². The van der Waals surface area contributed by atoms with Gasteiger partial charge < -0.3 is 10.2 Å². The van der Waals surface area contributed by atoms with Crippen molar-refractivity contribution in [3.05, 3.63) is 71.8 Å². The van der Waals surface area contributed by atoms with Gasteiger partial charge in [-0.1, -0.05) is 54.1 Å². The molecule has 0 bridgehead atoms. The number of benzene rings is 2. The monoisotopic (exact) mass is 439 g/mol. The van der Waals surface area contributed by atoms with Crippen molar-refractivity contribution < 1.29 is 4.79 Å². The van der Waals surface area contributed by atoms with Crippen molar-refractivity contribution in [2.45, 2.75) is 26.2 Å². The molecule has 0 atom stereocenters. The molecule has 2 aromatic carbocycles. The molecule has 1 aliphatic heterocycles. The van der Waals surface area contributed by atoms with E-state index in [1.165, 1.54) is 5.56 Å². The first-order chi connectivity index (χ1) is 16.2. The fourth-order valence-electron chi connectivity index (χ4n) is 4.11. The van der Waals surface area contributed by atoms with Crippen LogP contribution in [0.25, 0.3) is 22.6 Å². The van der Waals surface area contributed by atoms with E-state index in [1.54, 1.807) is 0 Å². The minimum absolute atomic E-state index is 0.0603. The number of pyridine rings is 1. The van der Waals surface area contributed by atoms with Gasteiger partial charge in [-0.15, -0.1) is 10.2 Å². The van der Waals surface area contributed by atoms with Gasteiger partial charge in [0.05, 0.1) is 12.1 Å². The van der Waals surface area contributed by atoms with Crippen LogP contribution < -0.4 is 10.2 Å². The lowest BCUT2D eigenvalue weighted by atomic mass is 10.0. The first kappa shape index (κ1) is 20.8. The highest BCUT2D eigenvalue weighted by Crippen LogP contribution is 2.33. The molecule has 5 rings (SSSR count). The third kappa shape index (κ3) is 4.74. The Morgan fingerprint density at radius 2 is 1.79 bits per heavy atom. The molecule has 0 radical (unpaired) electrons. The van der Waals surface area contributed by atoms with E-state index < -0.39 is 0 Å². The van der Waals surface area contributed by atoms with Crippen LogP contribution >= 0.6 is 0 Å². The number of anilines is 2. The number of nitrogens with zero attached hydrogens (tertiary/aromatic N) is 5. The fraction of sp³-hybridized carbons (Fsp3) is 0.240. The Bertz CT molecular complexity index is 1250. The van der Waals surface area contributed by atoms with Crippen molar-refractivity contribution in [1.82, 2.24) is 25.6 Å². The Hall–Kier alpha value is -4.07. The van der Waals surface area contributed by atoms with Crippen LogP contribution in [0.5, 0.6) is 0 Å². The zero-order valence-corrected chi connectivity index (χ0v) is 18.5. The summed E-state index contributed by atoms with van der Waals surface area (Å²) < 4.78 is 0. The van der Waals surface area contributed by atoms with Crippen molar-refractivity contribution in [3.8, 4) is 22.6 Å². The Labute approximate surface area is 192 Å². The lowest BCUT2D eigenvalue weighted by Crippen LogP contribution is -2.20. The largest absolute Gasteiger partial charge is 0.357 e. The maximum atomic E-state index is 12.8. The maximum absolute atomic E-state index is 12.8. The molecule has 8 nitrogen and oxygen atoms in total. The first-order valence-electron chi connectivity index (χ1n) is 11.1. The van der Waals surface area contributed by atoms with Crippen LogP contribution in [0.1, 0.15) is 24.0 Å². The Balaban J connectivity index is 1.49. The molecular weight excluding hydrogens is 414 g/mol. The molecule has 0 aliphatic carbocycles. The molecule has 4 aromatic rings. The molecule has 1 amide bonds. The zero-order chi connectivity index (χ0) is 22.6. The zero-order valence-electron chi connectivity index (χ0n) is 18.5. The standard InChI is InChI=1S/C25H25N7O/c1-17-8-10-18(11-9-17)14-24(33)26-19-15-22(27-23(16-19)32-12-4-5-13-32)20-6-2-3-7-21(20)25-28-30-31-29-25/h2-3,6-11,15-16H,4-5,12-14H2,1H3,(H,26,27,33)(H,28,29,30,31). The Morgan fingerprint density at radius 3 is 2.52 bits per heavy atom. The van der Waals surface area contributed by atoms with E-state index in [2.05, 4.69) is 30.8 Å². The maximum Gasteiger partial charge on any atom is 0.228 e. The third-order valence-corrected chi connectivity index (χ3v) is 5.80. The molecule has 2 aromatic heterocycles. The van der Waals surface area contributed by atoms with Crippen LogP contribution in [0.2, 0.25) is 0 Å². The summed E-state index contributed by atoms with van der Waals surface area (Å²) in [7, 11) is 0. The Morgan fingerprint density at radius 1 is 1.03 bits per heavy atom. The predicted octanol–water partition coefficient (Wildman–Crippen LogP) is 4.02. The third-order valence-electron chi connectivity index (χ3n) is 5.80. The molecule has 1 aliphatic rings. The van der Waals surface area contributed by atoms with E-state index >= 15 is 0 Å². The summed E-state index contributed by atoms with van der Waals surface area (Å²) in [4.78, 5) is 20.0. The number of aromatic amines is 1. The van der Waals surface area contributed by atoms with Crippen LogP contribution in [0.4, 0.5) is 11.5 Å². The molecule has 1 fully saturated rings. The second-order valence-electron chi connectivity index (χ2n) is 8.28. The van der Waals surface area contributed by atoms with Crippen LogP contribution in [-0.2, 0) is 11.2 Å². The molecule has 0 spiro atoms. The van der Waals surface area contributed by atoms with Gasteiger partial charge in [0.2, 0.25) is 11.7 Å². The van der Waals surface area contributed by atoms with E-state index in [1.807, 2.05) is 67.6 Å². The number of aromatic nitrogens is 5. The second kappa shape index (κ2) is 9.20. The number of nitrogens with one attached hydrogen (secondary N) is 2. The van der Waals surface area contributed by atoms with E-state index in [0.29, 0.717) is 12.2 Å². The summed E-state index contributed by atoms with van der Waals surface area (Å²) in [6.45, 7) is 3.95. The number of aryl methyl sites for hydroxylation is 1. The molecule has 8 heteroatoms. The van der Waals surface area contributed by atoms with E-state index in [4.69, 9.17) is 4.98 Å². The van der Waals surface area contributed by atoms with Crippen molar-refractivity contribution >= 4 is 17.4 Å². The number of carbonyl (C=O) groups is 1. The van der Waals surface area contributed by atoms with Crippen LogP contribution in [0.3, 0.4) is 0 Å². The summed E-state index contributed by atoms with van der Waals surface area (Å²) in [6.07, 6.45) is 2.59. The SMILES string of the molecule is Cc1ccc(CC(=O)Nc2cc(-c3ccccc3-c3nn[nH]n3)nc(N3CCCC3)c2)cc1. The number of rotatable bonds is 6. The van der Waals surface area contributed by atoms with Gasteiger partial charge in [-0.25, -0.2) is 4.98 Å². The molecular formula is C25H25N7O. The van der Waals surface area contributed by atoms with Gasteiger partial charge >= 0.3 is 0 Å². The van der Waals surface area contributed by atoms with Crippen molar-refractivity contribution in [1.29, 1.82) is 0 Å². The summed E-state index contributed by atoms with van der Waals surface area (Å²) in [5, 5.41) is 17.6. The number of tetrazole rings is 1. The summed E-state index contributed by atoms with van der Waals surface area (Å²) in [5.41, 5.74) is 5.35. The lowest BCUT2D eigenvalue weighted by Gasteiger charge is -2.19. The van der Waals surface area contributed by atoms with Crippen molar-refractivity contribution in [2.24, 2.45) is 0 Å². The highest BCUT2D eigenvalue weighted by atomic mass is 16.1. The topological polar surface area (TPSA) is 99.7 Å². The van der Waals surface area contributed by atoms with Gasteiger partial charge in [0, 0.05) is 36.0 Å². The first-order valence-corrected chi connectivity index (χ1v) is 11.1. The molecule has 1 saturated heterocycles. The van der Waals surface area contributed by atoms with Gasteiger partial charge in [0.15, 0.2) is 0 Å². The van der Waals surface area contributed by atoms with E-state index in [-0.39, 0.29) is 5.91 Å². The average Bonchev–Trinajstić information content (AvgIpc) is 3.55. The van der Waals surface area contributed by atoms with Crippen molar-refractivity contribution in [2.75, 3.05) is 23.3 Å². The number of amides is 1. The van der Waals surface area contributed by atoms with Crippen LogP contribution in [-0.4, -0.2) is 44.6 Å².